The molecule has 1 saturated carbocycles. The Kier molecular flexibility index (Phi) is 2.28. The molecule has 1 aliphatic heterocycles. The first-order valence-corrected chi connectivity index (χ1v) is 7.25. The van der Waals surface area contributed by atoms with E-state index in [1.807, 2.05) is 45.0 Å². The number of aryl methyl sites for hydroxylation is 1. The van der Waals surface area contributed by atoms with Gasteiger partial charge in [0.25, 0.3) is 0 Å². The molecule has 3 rings (SSSR count). The van der Waals surface area contributed by atoms with E-state index >= 15 is 0 Å². The largest absolute Gasteiger partial charge is 0.464 e. The van der Waals surface area contributed by atoms with Crippen molar-refractivity contribution in [3.8, 4) is 0 Å². The van der Waals surface area contributed by atoms with Crippen molar-refractivity contribution < 1.29 is 13.7 Å². The van der Waals surface area contributed by atoms with E-state index in [0.717, 1.165) is 10.5 Å². The lowest BCUT2D eigenvalue weighted by atomic mass is 10.1. The van der Waals surface area contributed by atoms with Gasteiger partial charge in [-0.3, -0.25) is 9.00 Å². The summed E-state index contributed by atoms with van der Waals surface area (Å²) in [5.74, 6) is -0.176. The van der Waals surface area contributed by atoms with Gasteiger partial charge in [0.05, 0.1) is 17.4 Å². The fraction of sp³-hybridized carbons (Fsp3) is 0.500. The molecule has 3 nitrogen and oxygen atoms in total. The van der Waals surface area contributed by atoms with Crippen LogP contribution in [0.4, 0.5) is 0 Å². The van der Waals surface area contributed by atoms with Crippen molar-refractivity contribution in [1.82, 2.24) is 0 Å². The summed E-state index contributed by atoms with van der Waals surface area (Å²) < 4.78 is 17.1. The Morgan fingerprint density at radius 3 is 2.44 bits per heavy atom. The second kappa shape index (κ2) is 3.44. The quantitative estimate of drug-likeness (QED) is 0.768. The summed E-state index contributed by atoms with van der Waals surface area (Å²) in [5, 5.41) is 0. The first-order chi connectivity index (χ1) is 8.44. The molecule has 1 unspecified atom stereocenters. The van der Waals surface area contributed by atoms with E-state index in [4.69, 9.17) is 4.74 Å². The van der Waals surface area contributed by atoms with Gasteiger partial charge >= 0.3 is 5.97 Å². The molecule has 0 aromatic heterocycles. The molecular weight excluding hydrogens is 248 g/mol. The summed E-state index contributed by atoms with van der Waals surface area (Å²) in [6, 6.07) is 7.54. The van der Waals surface area contributed by atoms with Crippen molar-refractivity contribution in [2.24, 2.45) is 11.3 Å². The maximum absolute atomic E-state index is 12.8. The van der Waals surface area contributed by atoms with Gasteiger partial charge < -0.3 is 4.74 Å². The summed E-state index contributed by atoms with van der Waals surface area (Å²) in [4.78, 5) is 12.7. The van der Waals surface area contributed by atoms with Gasteiger partial charge in [0.1, 0.15) is 0 Å². The molecule has 1 aromatic rings. The van der Waals surface area contributed by atoms with Crippen LogP contribution in [0.2, 0.25) is 0 Å². The van der Waals surface area contributed by atoms with Crippen LogP contribution in [0.15, 0.2) is 29.2 Å². The van der Waals surface area contributed by atoms with E-state index in [2.05, 4.69) is 0 Å². The van der Waals surface area contributed by atoms with E-state index in [1.165, 1.54) is 0 Å². The van der Waals surface area contributed by atoms with Crippen LogP contribution in [-0.2, 0) is 20.3 Å². The zero-order chi connectivity index (χ0) is 13.1. The third-order valence-electron chi connectivity index (χ3n) is 4.66. The number of cyclic esters (lactones) is 1. The second-order valence-electron chi connectivity index (χ2n) is 5.53. The SMILES string of the molecule is Cc1ccc(S(=O)[C@@]23C(=O)OC[C@]2(C)[C@@H]3C)cc1. The number of carbonyl (C=O) groups excluding carboxylic acids is 1. The Balaban J connectivity index is 2.03. The smallest absolute Gasteiger partial charge is 0.326 e. The van der Waals surface area contributed by atoms with E-state index in [1.54, 1.807) is 0 Å². The minimum absolute atomic E-state index is 0.119. The standard InChI is InChI=1S/C14H16O3S/c1-9-4-6-11(7-5-9)18(16)14-10(2)13(14,3)8-17-12(14)15/h4-7,10H,8H2,1-3H3/t10-,13+,14-,18?/m0/s1. The number of ether oxygens (including phenoxy) is 1. The summed E-state index contributed by atoms with van der Waals surface area (Å²) in [6.07, 6.45) is 0. The molecule has 0 radical (unpaired) electrons. The van der Waals surface area contributed by atoms with Gasteiger partial charge in [-0.05, 0) is 25.0 Å². The lowest BCUT2D eigenvalue weighted by molar-refractivity contribution is -0.140. The number of hydrogen-bond acceptors (Lipinski definition) is 3. The van der Waals surface area contributed by atoms with E-state index < -0.39 is 15.5 Å². The average molecular weight is 264 g/mol. The molecule has 4 heteroatoms. The van der Waals surface area contributed by atoms with Gasteiger partial charge in [-0.2, -0.15) is 0 Å². The van der Waals surface area contributed by atoms with E-state index in [-0.39, 0.29) is 17.3 Å². The van der Waals surface area contributed by atoms with Crippen LogP contribution in [-0.4, -0.2) is 21.5 Å². The number of hydrogen-bond donors (Lipinski definition) is 0. The number of esters is 1. The highest BCUT2D eigenvalue weighted by molar-refractivity contribution is 7.87. The maximum atomic E-state index is 12.8. The molecule has 1 aromatic carbocycles. The first-order valence-electron chi connectivity index (χ1n) is 6.10. The number of benzene rings is 1. The Hall–Kier alpha value is -1.16. The Morgan fingerprint density at radius 1 is 1.33 bits per heavy atom. The predicted octanol–water partition coefficient (Wildman–Crippen LogP) is 2.05. The summed E-state index contributed by atoms with van der Waals surface area (Å²) in [5.41, 5.74) is 0.855. The van der Waals surface area contributed by atoms with Gasteiger partial charge in [-0.1, -0.05) is 31.5 Å². The number of rotatable bonds is 2. The second-order valence-corrected chi connectivity index (χ2v) is 7.19. The van der Waals surface area contributed by atoms with E-state index in [0.29, 0.717) is 6.61 Å². The highest BCUT2D eigenvalue weighted by Gasteiger charge is 2.84. The van der Waals surface area contributed by atoms with Gasteiger partial charge in [0.2, 0.25) is 0 Å². The monoisotopic (exact) mass is 264 g/mol. The average Bonchev–Trinajstić information content (AvgIpc) is 2.69. The van der Waals surface area contributed by atoms with Crippen LogP contribution < -0.4 is 0 Å². The molecule has 96 valence electrons. The lowest BCUT2D eigenvalue weighted by Gasteiger charge is -2.11. The van der Waals surface area contributed by atoms with Crippen molar-refractivity contribution in [2.45, 2.75) is 30.4 Å². The normalized spacial score (nSPS) is 39.1. The molecule has 0 N–H and O–H groups in total. The van der Waals surface area contributed by atoms with E-state index in [9.17, 15) is 9.00 Å². The molecule has 0 bridgehead atoms. The van der Waals surface area contributed by atoms with Gasteiger partial charge in [0.15, 0.2) is 4.75 Å². The van der Waals surface area contributed by atoms with Crippen LogP contribution in [0, 0.1) is 18.3 Å². The van der Waals surface area contributed by atoms with Crippen molar-refractivity contribution in [3.63, 3.8) is 0 Å². The molecule has 4 atom stereocenters. The molecular formula is C14H16O3S. The predicted molar refractivity (Wildman–Crippen MR) is 68.5 cm³/mol. The first kappa shape index (κ1) is 11.9. The van der Waals surface area contributed by atoms with Crippen molar-refractivity contribution in [3.05, 3.63) is 29.8 Å². The van der Waals surface area contributed by atoms with Gasteiger partial charge in [-0.15, -0.1) is 0 Å². The molecule has 1 aliphatic carbocycles. The fourth-order valence-electron chi connectivity index (χ4n) is 3.13. The van der Waals surface area contributed by atoms with Crippen LogP contribution in [0.25, 0.3) is 0 Å². The topological polar surface area (TPSA) is 43.4 Å². The molecule has 1 saturated heterocycles. The van der Waals surface area contributed by atoms with Gasteiger partial charge in [-0.25, -0.2) is 0 Å². The minimum Gasteiger partial charge on any atom is -0.464 e. The minimum atomic E-state index is -1.33. The highest BCUT2D eigenvalue weighted by atomic mass is 32.2. The van der Waals surface area contributed by atoms with Crippen LogP contribution in [0.5, 0.6) is 0 Å². The maximum Gasteiger partial charge on any atom is 0.326 e. The Morgan fingerprint density at radius 2 is 1.94 bits per heavy atom. The number of carbonyl (C=O) groups is 1. The van der Waals surface area contributed by atoms with Gasteiger partial charge in [0, 0.05) is 10.3 Å². The fourth-order valence-corrected chi connectivity index (χ4v) is 5.28. The lowest BCUT2D eigenvalue weighted by Crippen LogP contribution is -2.30. The summed E-state index contributed by atoms with van der Waals surface area (Å²) in [7, 11) is -1.33. The van der Waals surface area contributed by atoms with Crippen LogP contribution >= 0.6 is 0 Å². The molecule has 2 aliphatic rings. The van der Waals surface area contributed by atoms with Crippen LogP contribution in [0.3, 0.4) is 0 Å². The Labute approximate surface area is 109 Å². The zero-order valence-electron chi connectivity index (χ0n) is 10.7. The van der Waals surface area contributed by atoms with Crippen molar-refractivity contribution >= 4 is 16.8 Å². The zero-order valence-corrected chi connectivity index (χ0v) is 11.5. The Bertz CT molecular complexity index is 551. The molecule has 0 spiro atoms. The molecule has 2 fully saturated rings. The third-order valence-corrected chi connectivity index (χ3v) is 6.94. The molecule has 1 heterocycles. The van der Waals surface area contributed by atoms with Crippen LogP contribution in [0.1, 0.15) is 19.4 Å². The number of fused-ring (bicyclic) bond motifs is 1. The third kappa shape index (κ3) is 1.14. The molecule has 0 amide bonds. The van der Waals surface area contributed by atoms with Crippen molar-refractivity contribution in [2.75, 3.05) is 6.61 Å². The summed E-state index contributed by atoms with van der Waals surface area (Å²) >= 11 is 0. The summed E-state index contributed by atoms with van der Waals surface area (Å²) in [6.45, 7) is 6.37. The highest BCUT2D eigenvalue weighted by Crippen LogP contribution is 2.69. The molecule has 18 heavy (non-hydrogen) atoms. The van der Waals surface area contributed by atoms with Crippen molar-refractivity contribution in [1.29, 1.82) is 0 Å².